The number of rotatable bonds is 5. The van der Waals surface area contributed by atoms with Crippen LogP contribution in [0.25, 0.3) is 0 Å². The number of aliphatic hydroxyl groups excluding tert-OH is 1. The van der Waals surface area contributed by atoms with Crippen LogP contribution in [0, 0.1) is 0 Å². The molecule has 1 aromatic carbocycles. The van der Waals surface area contributed by atoms with Crippen molar-refractivity contribution in [3.05, 3.63) is 34.9 Å². The zero-order chi connectivity index (χ0) is 10.4. The lowest BCUT2D eigenvalue weighted by molar-refractivity contribution is 0.183. The molecule has 1 aromatic rings. The van der Waals surface area contributed by atoms with Crippen LogP contribution in [0.3, 0.4) is 0 Å². The molecule has 0 radical (unpaired) electrons. The van der Waals surface area contributed by atoms with E-state index in [1.54, 1.807) is 6.92 Å². The monoisotopic (exact) mass is 213 g/mol. The van der Waals surface area contributed by atoms with E-state index >= 15 is 0 Å². The lowest BCUT2D eigenvalue weighted by atomic mass is 10.2. The summed E-state index contributed by atoms with van der Waals surface area (Å²) in [5.74, 6) is 0. The van der Waals surface area contributed by atoms with E-state index in [-0.39, 0.29) is 6.10 Å². The molecular formula is C11H16ClNO. The number of hydrogen-bond acceptors (Lipinski definition) is 2. The Bertz CT molecular complexity index is 276. The second-order valence-electron chi connectivity index (χ2n) is 3.44. The largest absolute Gasteiger partial charge is 0.393 e. The van der Waals surface area contributed by atoms with Crippen LogP contribution >= 0.6 is 11.6 Å². The third-order valence-electron chi connectivity index (χ3n) is 1.96. The Hall–Kier alpha value is -0.570. The predicted molar refractivity (Wildman–Crippen MR) is 59.5 cm³/mol. The maximum absolute atomic E-state index is 9.03. The number of aliphatic hydroxyl groups is 1. The van der Waals surface area contributed by atoms with E-state index in [1.165, 1.54) is 5.56 Å². The standard InChI is InChI=1S/C11H16ClNO/c1-9(14)5-6-13-8-10-3-2-4-11(12)7-10/h2-4,7,9,13-14H,5-6,8H2,1H3. The molecule has 2 nitrogen and oxygen atoms in total. The fourth-order valence-corrected chi connectivity index (χ4v) is 1.40. The summed E-state index contributed by atoms with van der Waals surface area (Å²) in [5.41, 5.74) is 1.17. The minimum absolute atomic E-state index is 0.234. The molecule has 0 aliphatic carbocycles. The van der Waals surface area contributed by atoms with Crippen LogP contribution in [0.1, 0.15) is 18.9 Å². The van der Waals surface area contributed by atoms with Gasteiger partial charge in [0.25, 0.3) is 0 Å². The molecular weight excluding hydrogens is 198 g/mol. The van der Waals surface area contributed by atoms with Crippen molar-refractivity contribution >= 4 is 11.6 Å². The highest BCUT2D eigenvalue weighted by atomic mass is 35.5. The maximum atomic E-state index is 9.03. The van der Waals surface area contributed by atoms with E-state index in [4.69, 9.17) is 16.7 Å². The van der Waals surface area contributed by atoms with Crippen molar-refractivity contribution in [2.75, 3.05) is 6.54 Å². The van der Waals surface area contributed by atoms with E-state index in [2.05, 4.69) is 5.32 Å². The summed E-state index contributed by atoms with van der Waals surface area (Å²) in [4.78, 5) is 0. The van der Waals surface area contributed by atoms with Crippen LogP contribution in [0.5, 0.6) is 0 Å². The van der Waals surface area contributed by atoms with Crippen LogP contribution in [0.15, 0.2) is 24.3 Å². The Morgan fingerprint density at radius 2 is 2.29 bits per heavy atom. The Kier molecular flexibility index (Phi) is 4.94. The fourth-order valence-electron chi connectivity index (χ4n) is 1.19. The zero-order valence-electron chi connectivity index (χ0n) is 8.33. The molecule has 3 heteroatoms. The zero-order valence-corrected chi connectivity index (χ0v) is 9.09. The highest BCUT2D eigenvalue weighted by Gasteiger charge is 1.96. The van der Waals surface area contributed by atoms with Gasteiger partial charge in [0.15, 0.2) is 0 Å². The smallest absolute Gasteiger partial charge is 0.0524 e. The van der Waals surface area contributed by atoms with Crippen molar-refractivity contribution < 1.29 is 5.11 Å². The van der Waals surface area contributed by atoms with Gasteiger partial charge in [-0.2, -0.15) is 0 Å². The molecule has 0 heterocycles. The topological polar surface area (TPSA) is 32.3 Å². The highest BCUT2D eigenvalue weighted by Crippen LogP contribution is 2.10. The van der Waals surface area contributed by atoms with Crippen LogP contribution in [0.4, 0.5) is 0 Å². The predicted octanol–water partition coefficient (Wildman–Crippen LogP) is 2.20. The summed E-state index contributed by atoms with van der Waals surface area (Å²) in [7, 11) is 0. The SMILES string of the molecule is CC(O)CCNCc1cccc(Cl)c1. The van der Waals surface area contributed by atoms with Crippen molar-refractivity contribution in [3.63, 3.8) is 0 Å². The summed E-state index contributed by atoms with van der Waals surface area (Å²) in [6, 6.07) is 7.77. The second-order valence-corrected chi connectivity index (χ2v) is 3.88. The average Bonchev–Trinajstić information content (AvgIpc) is 2.12. The quantitative estimate of drug-likeness (QED) is 0.736. The van der Waals surface area contributed by atoms with Crippen molar-refractivity contribution in [1.29, 1.82) is 0 Å². The first-order chi connectivity index (χ1) is 6.68. The molecule has 0 saturated heterocycles. The Balaban J connectivity index is 2.25. The van der Waals surface area contributed by atoms with Gasteiger partial charge in [-0.3, -0.25) is 0 Å². The van der Waals surface area contributed by atoms with Crippen molar-refractivity contribution in [3.8, 4) is 0 Å². The third kappa shape index (κ3) is 4.61. The first kappa shape index (κ1) is 11.5. The van der Waals surface area contributed by atoms with Gasteiger partial charge in [0, 0.05) is 11.6 Å². The first-order valence-electron chi connectivity index (χ1n) is 4.81. The molecule has 1 unspecified atom stereocenters. The van der Waals surface area contributed by atoms with Gasteiger partial charge in [0.1, 0.15) is 0 Å². The molecule has 0 aliphatic rings. The minimum atomic E-state index is -0.234. The van der Waals surface area contributed by atoms with E-state index in [0.29, 0.717) is 0 Å². The summed E-state index contributed by atoms with van der Waals surface area (Å²) in [6.45, 7) is 3.42. The number of hydrogen-bond donors (Lipinski definition) is 2. The van der Waals surface area contributed by atoms with E-state index in [0.717, 1.165) is 24.5 Å². The van der Waals surface area contributed by atoms with Gasteiger partial charge in [0.05, 0.1) is 6.10 Å². The van der Waals surface area contributed by atoms with E-state index < -0.39 is 0 Å². The van der Waals surface area contributed by atoms with Crippen LogP contribution in [-0.2, 0) is 6.54 Å². The van der Waals surface area contributed by atoms with Gasteiger partial charge in [-0.05, 0) is 37.6 Å². The number of halogens is 1. The number of nitrogens with one attached hydrogen (secondary N) is 1. The maximum Gasteiger partial charge on any atom is 0.0524 e. The van der Waals surface area contributed by atoms with Gasteiger partial charge in [-0.1, -0.05) is 23.7 Å². The van der Waals surface area contributed by atoms with Crippen LogP contribution in [-0.4, -0.2) is 17.8 Å². The average molecular weight is 214 g/mol. The van der Waals surface area contributed by atoms with Gasteiger partial charge in [0.2, 0.25) is 0 Å². The third-order valence-corrected chi connectivity index (χ3v) is 2.19. The Labute approximate surface area is 89.9 Å². The van der Waals surface area contributed by atoms with Crippen LogP contribution < -0.4 is 5.32 Å². The summed E-state index contributed by atoms with van der Waals surface area (Å²) < 4.78 is 0. The van der Waals surface area contributed by atoms with E-state index in [1.807, 2.05) is 24.3 Å². The van der Waals surface area contributed by atoms with Crippen LogP contribution in [0.2, 0.25) is 5.02 Å². The molecule has 1 atom stereocenters. The fraction of sp³-hybridized carbons (Fsp3) is 0.455. The first-order valence-corrected chi connectivity index (χ1v) is 5.19. The van der Waals surface area contributed by atoms with Gasteiger partial charge in [-0.25, -0.2) is 0 Å². The molecule has 0 fully saturated rings. The second kappa shape index (κ2) is 6.02. The van der Waals surface area contributed by atoms with Gasteiger partial charge >= 0.3 is 0 Å². The molecule has 0 amide bonds. The molecule has 0 aromatic heterocycles. The Morgan fingerprint density at radius 1 is 1.50 bits per heavy atom. The molecule has 0 saturated carbocycles. The molecule has 0 bridgehead atoms. The molecule has 2 N–H and O–H groups in total. The van der Waals surface area contributed by atoms with Crippen molar-refractivity contribution in [2.45, 2.75) is 26.0 Å². The Morgan fingerprint density at radius 3 is 2.93 bits per heavy atom. The summed E-state index contributed by atoms with van der Waals surface area (Å²) in [5, 5.41) is 13.0. The van der Waals surface area contributed by atoms with Crippen molar-refractivity contribution in [1.82, 2.24) is 5.32 Å². The van der Waals surface area contributed by atoms with Gasteiger partial charge < -0.3 is 10.4 Å². The minimum Gasteiger partial charge on any atom is -0.393 e. The van der Waals surface area contributed by atoms with E-state index in [9.17, 15) is 0 Å². The van der Waals surface area contributed by atoms with Crippen molar-refractivity contribution in [2.24, 2.45) is 0 Å². The molecule has 0 aliphatic heterocycles. The molecule has 78 valence electrons. The normalized spacial score (nSPS) is 12.8. The molecule has 0 spiro atoms. The number of benzene rings is 1. The highest BCUT2D eigenvalue weighted by molar-refractivity contribution is 6.30. The lowest BCUT2D eigenvalue weighted by Gasteiger charge is -2.06. The summed E-state index contributed by atoms with van der Waals surface area (Å²) in [6.07, 6.45) is 0.544. The summed E-state index contributed by atoms with van der Waals surface area (Å²) >= 11 is 5.84. The van der Waals surface area contributed by atoms with Gasteiger partial charge in [-0.15, -0.1) is 0 Å². The molecule has 1 rings (SSSR count). The lowest BCUT2D eigenvalue weighted by Crippen LogP contribution is -2.18. The molecule has 14 heavy (non-hydrogen) atoms.